The lowest BCUT2D eigenvalue weighted by atomic mass is 10.1. The number of nitrogens with one attached hydrogen (secondary N) is 1. The minimum atomic E-state index is -0.686. The van der Waals surface area contributed by atoms with Crippen molar-refractivity contribution in [3.05, 3.63) is 52.3 Å². The third-order valence-electron chi connectivity index (χ3n) is 3.62. The van der Waals surface area contributed by atoms with E-state index in [2.05, 4.69) is 10.3 Å². The van der Waals surface area contributed by atoms with Crippen LogP contribution in [0.25, 0.3) is 0 Å². The number of hydrogen-bond acceptors (Lipinski definition) is 5. The number of halogens is 1. The fourth-order valence-corrected chi connectivity index (χ4v) is 2.65. The topological polar surface area (TPSA) is 63.6 Å². The largest absolute Gasteiger partial charge is 0.486 e. The maximum atomic E-state index is 10.3. The van der Waals surface area contributed by atoms with Crippen LogP contribution in [-0.4, -0.2) is 29.8 Å². The standard InChI is InChI=1S/C17H19ClN2O3/c1-11-2-3-13(20-8-11)9-19-10-15(21)12-6-14(18)17-16(7-12)22-4-5-23-17/h2-3,6-8,15,19,21H,4-5,9-10H2,1H3/t15-/m0/s1. The highest BCUT2D eigenvalue weighted by molar-refractivity contribution is 6.32. The van der Waals surface area contributed by atoms with Crippen LogP contribution in [0.3, 0.4) is 0 Å². The van der Waals surface area contributed by atoms with Gasteiger partial charge in [-0.25, -0.2) is 0 Å². The van der Waals surface area contributed by atoms with Gasteiger partial charge in [-0.3, -0.25) is 4.98 Å². The van der Waals surface area contributed by atoms with Crippen molar-refractivity contribution in [3.8, 4) is 11.5 Å². The van der Waals surface area contributed by atoms with Gasteiger partial charge >= 0.3 is 0 Å². The van der Waals surface area contributed by atoms with Crippen LogP contribution in [-0.2, 0) is 6.54 Å². The number of nitrogens with zero attached hydrogens (tertiary/aromatic N) is 1. The Hall–Kier alpha value is -1.82. The van der Waals surface area contributed by atoms with E-state index >= 15 is 0 Å². The first-order chi connectivity index (χ1) is 11.1. The summed E-state index contributed by atoms with van der Waals surface area (Å²) < 4.78 is 11.0. The van der Waals surface area contributed by atoms with Crippen molar-refractivity contribution < 1.29 is 14.6 Å². The molecule has 1 aromatic carbocycles. The van der Waals surface area contributed by atoms with Crippen molar-refractivity contribution in [3.63, 3.8) is 0 Å². The summed E-state index contributed by atoms with van der Waals surface area (Å²) in [6.07, 6.45) is 1.14. The van der Waals surface area contributed by atoms with Gasteiger partial charge in [-0.2, -0.15) is 0 Å². The van der Waals surface area contributed by atoms with E-state index in [0.29, 0.717) is 48.4 Å². The molecule has 1 aromatic heterocycles. The molecular formula is C17H19ClN2O3. The number of rotatable bonds is 5. The molecule has 0 bridgehead atoms. The third-order valence-corrected chi connectivity index (χ3v) is 3.90. The van der Waals surface area contributed by atoms with Crippen LogP contribution in [0.4, 0.5) is 0 Å². The Kier molecular flexibility index (Phi) is 5.00. The second-order valence-electron chi connectivity index (χ2n) is 5.50. The summed E-state index contributed by atoms with van der Waals surface area (Å²) in [7, 11) is 0. The molecule has 1 atom stereocenters. The van der Waals surface area contributed by atoms with Crippen molar-refractivity contribution in [2.24, 2.45) is 0 Å². The molecule has 0 amide bonds. The average molecular weight is 335 g/mol. The fraction of sp³-hybridized carbons (Fsp3) is 0.353. The molecule has 0 unspecified atom stereocenters. The molecule has 0 radical (unpaired) electrons. The van der Waals surface area contributed by atoms with Crippen molar-refractivity contribution in [1.29, 1.82) is 0 Å². The monoisotopic (exact) mass is 334 g/mol. The lowest BCUT2D eigenvalue weighted by Crippen LogP contribution is -2.22. The van der Waals surface area contributed by atoms with E-state index < -0.39 is 6.10 Å². The Balaban J connectivity index is 1.60. The summed E-state index contributed by atoms with van der Waals surface area (Å²) in [5.74, 6) is 1.13. The SMILES string of the molecule is Cc1ccc(CNC[C@H](O)c2cc(Cl)c3c(c2)OCCO3)nc1. The molecule has 1 aliphatic rings. The average Bonchev–Trinajstić information content (AvgIpc) is 2.56. The van der Waals surface area contributed by atoms with Crippen LogP contribution in [0.15, 0.2) is 30.5 Å². The molecule has 0 aliphatic carbocycles. The van der Waals surface area contributed by atoms with E-state index in [-0.39, 0.29) is 0 Å². The molecule has 2 aromatic rings. The first kappa shape index (κ1) is 16.1. The first-order valence-electron chi connectivity index (χ1n) is 7.53. The first-order valence-corrected chi connectivity index (χ1v) is 7.90. The Morgan fingerprint density at radius 1 is 1.30 bits per heavy atom. The minimum Gasteiger partial charge on any atom is -0.486 e. The van der Waals surface area contributed by atoms with Gasteiger partial charge in [0.15, 0.2) is 11.5 Å². The smallest absolute Gasteiger partial charge is 0.179 e. The molecule has 0 fully saturated rings. The van der Waals surface area contributed by atoms with Crippen LogP contribution in [0.1, 0.15) is 22.9 Å². The molecule has 2 N–H and O–H groups in total. The maximum absolute atomic E-state index is 10.3. The number of aromatic nitrogens is 1. The second kappa shape index (κ2) is 7.17. The highest BCUT2D eigenvalue weighted by atomic mass is 35.5. The zero-order valence-corrected chi connectivity index (χ0v) is 13.6. The van der Waals surface area contributed by atoms with Gasteiger partial charge in [0.25, 0.3) is 0 Å². The van der Waals surface area contributed by atoms with Crippen molar-refractivity contribution in [2.45, 2.75) is 19.6 Å². The number of aryl methyl sites for hydroxylation is 1. The number of hydrogen-bond donors (Lipinski definition) is 2. The zero-order valence-electron chi connectivity index (χ0n) is 12.9. The molecule has 0 spiro atoms. The maximum Gasteiger partial charge on any atom is 0.179 e. The Labute approximate surface area is 140 Å². The summed E-state index contributed by atoms with van der Waals surface area (Å²) in [4.78, 5) is 4.32. The van der Waals surface area contributed by atoms with Gasteiger partial charge in [-0.05, 0) is 36.2 Å². The van der Waals surface area contributed by atoms with Crippen molar-refractivity contribution in [1.82, 2.24) is 10.3 Å². The van der Waals surface area contributed by atoms with Gasteiger partial charge in [0.1, 0.15) is 13.2 Å². The number of aliphatic hydroxyl groups excluding tert-OH is 1. The van der Waals surface area contributed by atoms with Crippen LogP contribution in [0.2, 0.25) is 5.02 Å². The summed E-state index contributed by atoms with van der Waals surface area (Å²) in [5, 5.41) is 14.0. The van der Waals surface area contributed by atoms with E-state index in [0.717, 1.165) is 11.3 Å². The Bertz CT molecular complexity index is 676. The van der Waals surface area contributed by atoms with Crippen LogP contribution in [0.5, 0.6) is 11.5 Å². The Morgan fingerprint density at radius 2 is 2.13 bits per heavy atom. The van der Waals surface area contributed by atoms with Gasteiger partial charge in [0.2, 0.25) is 0 Å². The molecule has 23 heavy (non-hydrogen) atoms. The van der Waals surface area contributed by atoms with E-state index in [9.17, 15) is 5.11 Å². The molecule has 0 saturated heterocycles. The Morgan fingerprint density at radius 3 is 2.91 bits per heavy atom. The number of benzene rings is 1. The minimum absolute atomic E-state index is 0.394. The van der Waals surface area contributed by atoms with Crippen LogP contribution < -0.4 is 14.8 Å². The van der Waals surface area contributed by atoms with Crippen molar-refractivity contribution >= 4 is 11.6 Å². The van der Waals surface area contributed by atoms with E-state index in [1.165, 1.54) is 0 Å². The molecule has 2 heterocycles. The summed E-state index contributed by atoms with van der Waals surface area (Å²) in [5.41, 5.74) is 2.76. The van der Waals surface area contributed by atoms with Gasteiger partial charge in [-0.15, -0.1) is 0 Å². The lowest BCUT2D eigenvalue weighted by molar-refractivity contribution is 0.163. The van der Waals surface area contributed by atoms with E-state index in [1.807, 2.05) is 25.3 Å². The summed E-state index contributed by atoms with van der Waals surface area (Å²) in [6, 6.07) is 7.47. The highest BCUT2D eigenvalue weighted by Gasteiger charge is 2.19. The predicted octanol–water partition coefficient (Wildman–Crippen LogP) is 2.64. The normalized spacial score (nSPS) is 14.6. The fourth-order valence-electron chi connectivity index (χ4n) is 2.38. The quantitative estimate of drug-likeness (QED) is 0.880. The third kappa shape index (κ3) is 3.93. The molecular weight excluding hydrogens is 316 g/mol. The van der Waals surface area contributed by atoms with Gasteiger partial charge in [0, 0.05) is 19.3 Å². The lowest BCUT2D eigenvalue weighted by Gasteiger charge is -2.21. The molecule has 6 heteroatoms. The summed E-state index contributed by atoms with van der Waals surface area (Å²) >= 11 is 6.19. The van der Waals surface area contributed by atoms with Crippen LogP contribution in [0, 0.1) is 6.92 Å². The zero-order chi connectivity index (χ0) is 16.2. The van der Waals surface area contributed by atoms with E-state index in [4.69, 9.17) is 21.1 Å². The second-order valence-corrected chi connectivity index (χ2v) is 5.91. The number of ether oxygens (including phenoxy) is 2. The summed E-state index contributed by atoms with van der Waals surface area (Å²) in [6.45, 7) is 3.96. The van der Waals surface area contributed by atoms with Crippen LogP contribution >= 0.6 is 11.6 Å². The predicted molar refractivity (Wildman–Crippen MR) is 88.1 cm³/mol. The molecule has 0 saturated carbocycles. The van der Waals surface area contributed by atoms with Gasteiger partial charge in [0.05, 0.1) is 16.8 Å². The number of aliphatic hydroxyl groups is 1. The van der Waals surface area contributed by atoms with Crippen molar-refractivity contribution in [2.75, 3.05) is 19.8 Å². The van der Waals surface area contributed by atoms with Gasteiger partial charge < -0.3 is 19.9 Å². The molecule has 5 nitrogen and oxygen atoms in total. The number of pyridine rings is 1. The molecule has 1 aliphatic heterocycles. The molecule has 3 rings (SSSR count). The van der Waals surface area contributed by atoms with E-state index in [1.54, 1.807) is 12.1 Å². The molecule has 122 valence electrons. The van der Waals surface area contributed by atoms with Gasteiger partial charge in [-0.1, -0.05) is 17.7 Å². The number of fused-ring (bicyclic) bond motifs is 1. The highest BCUT2D eigenvalue weighted by Crippen LogP contribution is 2.39.